The van der Waals surface area contributed by atoms with Crippen molar-refractivity contribution in [3.8, 4) is 11.1 Å². The van der Waals surface area contributed by atoms with E-state index >= 15 is 0 Å². The standard InChI is InChI=1S/C27H28FN3O2/c1-19(2)30-26(33)27(13-15-31(18-27)25(32)24-8-3-4-14-29-24)17-20-6-5-7-22(16-20)21-9-11-23(28)12-10-21/h3-12,14,16,19H,13,15,17-18H2,1-2H3,(H,30,33)/t27-/m1/s1. The highest BCUT2D eigenvalue weighted by atomic mass is 19.1. The van der Waals surface area contributed by atoms with Crippen LogP contribution in [-0.4, -0.2) is 40.8 Å². The van der Waals surface area contributed by atoms with Gasteiger partial charge in [-0.25, -0.2) is 4.39 Å². The third kappa shape index (κ3) is 5.11. The van der Waals surface area contributed by atoms with Gasteiger partial charge in [0.05, 0.1) is 5.41 Å². The van der Waals surface area contributed by atoms with Crippen LogP contribution >= 0.6 is 0 Å². The molecule has 1 atom stereocenters. The van der Waals surface area contributed by atoms with Crippen LogP contribution in [0.5, 0.6) is 0 Å². The highest BCUT2D eigenvalue weighted by Crippen LogP contribution is 2.36. The fourth-order valence-corrected chi connectivity index (χ4v) is 4.42. The second kappa shape index (κ2) is 9.53. The number of halogens is 1. The molecule has 1 aliphatic rings. The summed E-state index contributed by atoms with van der Waals surface area (Å²) in [6, 6.07) is 19.6. The van der Waals surface area contributed by atoms with Crippen molar-refractivity contribution in [2.45, 2.75) is 32.7 Å². The van der Waals surface area contributed by atoms with Crippen LogP contribution in [0.4, 0.5) is 4.39 Å². The summed E-state index contributed by atoms with van der Waals surface area (Å²) in [5.74, 6) is -0.473. The number of amides is 2. The molecule has 1 saturated heterocycles. The summed E-state index contributed by atoms with van der Waals surface area (Å²) in [4.78, 5) is 32.3. The maximum Gasteiger partial charge on any atom is 0.272 e. The molecule has 6 heteroatoms. The van der Waals surface area contributed by atoms with Crippen molar-refractivity contribution < 1.29 is 14.0 Å². The van der Waals surface area contributed by atoms with Crippen LogP contribution < -0.4 is 5.32 Å². The lowest BCUT2D eigenvalue weighted by atomic mass is 9.79. The Labute approximate surface area is 193 Å². The van der Waals surface area contributed by atoms with E-state index in [1.165, 1.54) is 12.1 Å². The van der Waals surface area contributed by atoms with Crippen LogP contribution in [0, 0.1) is 11.2 Å². The van der Waals surface area contributed by atoms with Crippen molar-refractivity contribution in [3.63, 3.8) is 0 Å². The predicted molar refractivity (Wildman–Crippen MR) is 126 cm³/mol. The minimum Gasteiger partial charge on any atom is -0.353 e. The molecule has 1 aromatic heterocycles. The summed E-state index contributed by atoms with van der Waals surface area (Å²) < 4.78 is 13.3. The van der Waals surface area contributed by atoms with E-state index in [1.807, 2.05) is 38.1 Å². The van der Waals surface area contributed by atoms with Gasteiger partial charge in [-0.3, -0.25) is 14.6 Å². The molecule has 2 heterocycles. The van der Waals surface area contributed by atoms with Crippen LogP contribution in [0.25, 0.3) is 11.1 Å². The van der Waals surface area contributed by atoms with Gasteiger partial charge in [0.2, 0.25) is 5.91 Å². The van der Waals surface area contributed by atoms with Gasteiger partial charge in [0.1, 0.15) is 11.5 Å². The molecule has 170 valence electrons. The lowest BCUT2D eigenvalue weighted by Gasteiger charge is -2.29. The first kappa shape index (κ1) is 22.6. The second-order valence-electron chi connectivity index (χ2n) is 8.98. The van der Waals surface area contributed by atoms with Crippen LogP contribution in [0.15, 0.2) is 72.9 Å². The van der Waals surface area contributed by atoms with Crippen molar-refractivity contribution in [2.75, 3.05) is 13.1 Å². The fraction of sp³-hybridized carbons (Fsp3) is 0.296. The topological polar surface area (TPSA) is 62.3 Å². The average molecular weight is 446 g/mol. The highest BCUT2D eigenvalue weighted by molar-refractivity contribution is 5.94. The lowest BCUT2D eigenvalue weighted by molar-refractivity contribution is -0.130. The Kier molecular flexibility index (Phi) is 6.54. The van der Waals surface area contributed by atoms with Crippen LogP contribution in [-0.2, 0) is 11.2 Å². The van der Waals surface area contributed by atoms with E-state index in [4.69, 9.17) is 0 Å². The van der Waals surface area contributed by atoms with Gasteiger partial charge < -0.3 is 10.2 Å². The average Bonchev–Trinajstić information content (AvgIpc) is 3.25. The first-order valence-electron chi connectivity index (χ1n) is 11.2. The minimum atomic E-state index is -0.726. The van der Waals surface area contributed by atoms with E-state index in [0.29, 0.717) is 31.6 Å². The Bertz CT molecular complexity index is 1130. The Morgan fingerprint density at radius 3 is 2.55 bits per heavy atom. The zero-order valence-electron chi connectivity index (χ0n) is 18.9. The number of hydrogen-bond donors (Lipinski definition) is 1. The maximum atomic E-state index is 13.4. The van der Waals surface area contributed by atoms with Crippen molar-refractivity contribution in [2.24, 2.45) is 5.41 Å². The number of nitrogens with zero attached hydrogens (tertiary/aromatic N) is 2. The zero-order chi connectivity index (χ0) is 23.4. The largest absolute Gasteiger partial charge is 0.353 e. The number of nitrogens with one attached hydrogen (secondary N) is 1. The highest BCUT2D eigenvalue weighted by Gasteiger charge is 2.46. The molecule has 0 bridgehead atoms. The van der Waals surface area contributed by atoms with Crippen molar-refractivity contribution in [3.05, 3.63) is 90.0 Å². The first-order chi connectivity index (χ1) is 15.9. The number of benzene rings is 2. The third-order valence-corrected chi connectivity index (χ3v) is 6.07. The monoisotopic (exact) mass is 445 g/mol. The molecule has 4 rings (SSSR count). The minimum absolute atomic E-state index is 0.000432. The Balaban J connectivity index is 1.61. The molecular formula is C27H28FN3O2. The van der Waals surface area contributed by atoms with Gasteiger partial charge in [-0.05, 0) is 67.6 Å². The summed E-state index contributed by atoms with van der Waals surface area (Å²) in [5.41, 5.74) is 2.54. The molecular weight excluding hydrogens is 417 g/mol. The maximum absolute atomic E-state index is 13.4. The molecule has 5 nitrogen and oxygen atoms in total. The number of aromatic nitrogens is 1. The summed E-state index contributed by atoms with van der Waals surface area (Å²) in [5, 5.41) is 3.06. The van der Waals surface area contributed by atoms with Gasteiger partial charge in [-0.15, -0.1) is 0 Å². The van der Waals surface area contributed by atoms with Crippen molar-refractivity contribution in [1.29, 1.82) is 0 Å². The summed E-state index contributed by atoms with van der Waals surface area (Å²) >= 11 is 0. The van der Waals surface area contributed by atoms with Crippen LogP contribution in [0.2, 0.25) is 0 Å². The molecule has 0 saturated carbocycles. The number of pyridine rings is 1. The number of rotatable bonds is 6. The van der Waals surface area contributed by atoms with Crippen LogP contribution in [0.3, 0.4) is 0 Å². The van der Waals surface area contributed by atoms with E-state index in [-0.39, 0.29) is 23.7 Å². The molecule has 2 amide bonds. The quantitative estimate of drug-likeness (QED) is 0.608. The molecule has 0 spiro atoms. The van der Waals surface area contributed by atoms with E-state index in [0.717, 1.165) is 16.7 Å². The van der Waals surface area contributed by atoms with Gasteiger partial charge in [-0.2, -0.15) is 0 Å². The van der Waals surface area contributed by atoms with Gasteiger partial charge in [-0.1, -0.05) is 42.5 Å². The van der Waals surface area contributed by atoms with Crippen molar-refractivity contribution >= 4 is 11.8 Å². The number of carbonyl (C=O) groups excluding carboxylic acids is 2. The molecule has 1 N–H and O–H groups in total. The zero-order valence-corrected chi connectivity index (χ0v) is 18.9. The van der Waals surface area contributed by atoms with Gasteiger partial charge in [0, 0.05) is 25.3 Å². The SMILES string of the molecule is CC(C)NC(=O)[C@@]1(Cc2cccc(-c3ccc(F)cc3)c2)CCN(C(=O)c2ccccn2)C1. The smallest absolute Gasteiger partial charge is 0.272 e. The van der Waals surface area contributed by atoms with E-state index in [1.54, 1.807) is 41.4 Å². The van der Waals surface area contributed by atoms with Crippen molar-refractivity contribution in [1.82, 2.24) is 15.2 Å². The molecule has 2 aromatic carbocycles. The summed E-state index contributed by atoms with van der Waals surface area (Å²) in [7, 11) is 0. The Morgan fingerprint density at radius 1 is 1.06 bits per heavy atom. The second-order valence-corrected chi connectivity index (χ2v) is 8.98. The van der Waals surface area contributed by atoms with E-state index in [9.17, 15) is 14.0 Å². The first-order valence-corrected chi connectivity index (χ1v) is 11.2. The Hall–Kier alpha value is -3.54. The normalized spacial score (nSPS) is 17.9. The van der Waals surface area contributed by atoms with Gasteiger partial charge >= 0.3 is 0 Å². The molecule has 0 aliphatic carbocycles. The molecule has 0 unspecified atom stereocenters. The number of carbonyl (C=O) groups is 2. The Morgan fingerprint density at radius 2 is 1.85 bits per heavy atom. The van der Waals surface area contributed by atoms with Gasteiger partial charge in [0.25, 0.3) is 5.91 Å². The number of hydrogen-bond acceptors (Lipinski definition) is 3. The molecule has 1 fully saturated rings. The molecule has 0 radical (unpaired) electrons. The van der Waals surface area contributed by atoms with E-state index in [2.05, 4.69) is 10.3 Å². The summed E-state index contributed by atoms with van der Waals surface area (Å²) in [6.45, 7) is 4.71. The van der Waals surface area contributed by atoms with Gasteiger partial charge in [0.15, 0.2) is 0 Å². The fourth-order valence-electron chi connectivity index (χ4n) is 4.42. The summed E-state index contributed by atoms with van der Waals surface area (Å²) in [6.07, 6.45) is 2.68. The predicted octanol–water partition coefficient (Wildman–Crippen LogP) is 4.49. The molecule has 3 aromatic rings. The number of likely N-dealkylation sites (tertiary alicyclic amines) is 1. The molecule has 33 heavy (non-hydrogen) atoms. The third-order valence-electron chi connectivity index (χ3n) is 6.07. The van der Waals surface area contributed by atoms with E-state index < -0.39 is 5.41 Å². The van der Waals surface area contributed by atoms with Crippen LogP contribution in [0.1, 0.15) is 36.3 Å². The lowest BCUT2D eigenvalue weighted by Crippen LogP contribution is -2.47. The molecule has 1 aliphatic heterocycles.